The van der Waals surface area contributed by atoms with Crippen molar-refractivity contribution >= 4 is 29.2 Å². The average molecular weight is 430 g/mol. The van der Waals surface area contributed by atoms with E-state index in [-0.39, 0.29) is 24.8 Å². The fourth-order valence-corrected chi connectivity index (χ4v) is 5.20. The largest absolute Gasteiger partial charge is 0.372 e. The van der Waals surface area contributed by atoms with Crippen LogP contribution in [0.15, 0.2) is 18.2 Å². The third-order valence-electron chi connectivity index (χ3n) is 6.47. The second-order valence-corrected chi connectivity index (χ2v) is 8.54. The maximum Gasteiger partial charge on any atom is 0.330 e. The van der Waals surface area contributed by atoms with E-state index in [0.29, 0.717) is 18.5 Å². The molecule has 4 unspecified atom stereocenters. The van der Waals surface area contributed by atoms with Crippen molar-refractivity contribution in [1.29, 1.82) is 0 Å². The standard InChI is InChI=1S/C21H26N4O6/c1-4-5-8-23-19(27)21(18(26)22-20(23)28)10-14-9-15(25(29)30)6-7-16(14)24-11-12(2)31-13(3)17(21)24/h6-7,9,12-13,17H,4-5,8,10-11H2,1-3H3,(H,22,26,28). The lowest BCUT2D eigenvalue weighted by Gasteiger charge is -2.56. The molecule has 1 spiro atoms. The van der Waals surface area contributed by atoms with Crippen LogP contribution in [-0.4, -0.2) is 59.0 Å². The summed E-state index contributed by atoms with van der Waals surface area (Å²) in [7, 11) is 0. The highest BCUT2D eigenvalue weighted by molar-refractivity contribution is 6.20. The van der Waals surface area contributed by atoms with Crippen LogP contribution in [-0.2, 0) is 20.7 Å². The van der Waals surface area contributed by atoms with Crippen molar-refractivity contribution in [3.05, 3.63) is 33.9 Å². The highest BCUT2D eigenvalue weighted by Gasteiger charge is 2.64. The molecule has 0 aliphatic carbocycles. The van der Waals surface area contributed by atoms with Crippen LogP contribution < -0.4 is 10.2 Å². The molecule has 2 saturated heterocycles. The molecule has 0 saturated carbocycles. The first-order valence-corrected chi connectivity index (χ1v) is 10.6. The van der Waals surface area contributed by atoms with Crippen LogP contribution in [0.25, 0.3) is 0 Å². The van der Waals surface area contributed by atoms with E-state index >= 15 is 0 Å². The molecule has 3 aliphatic heterocycles. The molecule has 10 heteroatoms. The summed E-state index contributed by atoms with van der Waals surface area (Å²) in [5.41, 5.74) is -0.422. The number of barbiturate groups is 1. The second kappa shape index (κ2) is 7.60. The lowest BCUT2D eigenvalue weighted by molar-refractivity contribution is -0.384. The van der Waals surface area contributed by atoms with Gasteiger partial charge >= 0.3 is 6.03 Å². The minimum atomic E-state index is -1.61. The summed E-state index contributed by atoms with van der Waals surface area (Å²) in [6.07, 6.45) is 0.725. The van der Waals surface area contributed by atoms with Crippen LogP contribution >= 0.6 is 0 Å². The van der Waals surface area contributed by atoms with Crippen LogP contribution in [0.1, 0.15) is 39.2 Å². The number of hydrogen-bond donors (Lipinski definition) is 1. The molecule has 4 atom stereocenters. The van der Waals surface area contributed by atoms with Gasteiger partial charge in [0.25, 0.3) is 5.69 Å². The summed E-state index contributed by atoms with van der Waals surface area (Å²) >= 11 is 0. The quantitative estimate of drug-likeness (QED) is 0.440. The fourth-order valence-electron chi connectivity index (χ4n) is 5.20. The molecular formula is C21H26N4O6. The Morgan fingerprint density at radius 1 is 1.29 bits per heavy atom. The van der Waals surface area contributed by atoms with Crippen LogP contribution in [0.3, 0.4) is 0 Å². The average Bonchev–Trinajstić information content (AvgIpc) is 2.71. The number of hydrogen-bond acceptors (Lipinski definition) is 7. The lowest BCUT2D eigenvalue weighted by Crippen LogP contribution is -2.75. The number of imide groups is 2. The van der Waals surface area contributed by atoms with E-state index in [4.69, 9.17) is 4.74 Å². The van der Waals surface area contributed by atoms with E-state index in [1.54, 1.807) is 6.07 Å². The van der Waals surface area contributed by atoms with Gasteiger partial charge in [-0.15, -0.1) is 0 Å². The Balaban J connectivity index is 1.88. The molecule has 4 rings (SSSR count). The smallest absolute Gasteiger partial charge is 0.330 e. The molecule has 1 aromatic carbocycles. The first-order chi connectivity index (χ1) is 14.7. The Bertz CT molecular complexity index is 965. The van der Waals surface area contributed by atoms with Crippen molar-refractivity contribution in [3.8, 4) is 0 Å². The number of nitro benzene ring substituents is 1. The van der Waals surface area contributed by atoms with Crippen LogP contribution in [0, 0.1) is 15.5 Å². The Kier molecular flexibility index (Phi) is 5.20. The number of nitrogens with zero attached hydrogens (tertiary/aromatic N) is 3. The van der Waals surface area contributed by atoms with Crippen molar-refractivity contribution in [2.75, 3.05) is 18.0 Å². The van der Waals surface area contributed by atoms with Gasteiger partial charge in [-0.2, -0.15) is 0 Å². The Labute approximate surface area is 179 Å². The maximum absolute atomic E-state index is 13.8. The normalized spacial score (nSPS) is 30.2. The number of carbonyl (C=O) groups is 3. The Morgan fingerprint density at radius 2 is 2.03 bits per heavy atom. The number of non-ortho nitro benzene ring substituents is 1. The van der Waals surface area contributed by atoms with Crippen LogP contribution in [0.2, 0.25) is 0 Å². The van der Waals surface area contributed by atoms with Gasteiger partial charge in [-0.25, -0.2) is 4.79 Å². The van der Waals surface area contributed by atoms with E-state index in [1.165, 1.54) is 12.1 Å². The van der Waals surface area contributed by atoms with E-state index in [9.17, 15) is 24.5 Å². The van der Waals surface area contributed by atoms with Gasteiger partial charge in [-0.05, 0) is 31.9 Å². The van der Waals surface area contributed by atoms with Crippen molar-refractivity contribution in [2.24, 2.45) is 5.41 Å². The third-order valence-corrected chi connectivity index (χ3v) is 6.47. The molecule has 0 aromatic heterocycles. The maximum atomic E-state index is 13.8. The summed E-state index contributed by atoms with van der Waals surface area (Å²) in [5.74, 6) is -1.24. The number of morpholine rings is 1. The molecule has 166 valence electrons. The van der Waals surface area contributed by atoms with Crippen molar-refractivity contribution in [1.82, 2.24) is 10.2 Å². The van der Waals surface area contributed by atoms with Gasteiger partial charge in [0.15, 0.2) is 5.41 Å². The molecule has 0 radical (unpaired) electrons. The summed E-state index contributed by atoms with van der Waals surface area (Å²) in [4.78, 5) is 53.5. The Morgan fingerprint density at radius 3 is 2.71 bits per heavy atom. The van der Waals surface area contributed by atoms with E-state index in [0.717, 1.165) is 17.0 Å². The first-order valence-electron chi connectivity index (χ1n) is 10.6. The number of urea groups is 1. The van der Waals surface area contributed by atoms with Crippen molar-refractivity contribution in [2.45, 2.75) is 58.3 Å². The van der Waals surface area contributed by atoms with E-state index < -0.39 is 40.3 Å². The van der Waals surface area contributed by atoms with Gasteiger partial charge in [0.1, 0.15) is 0 Å². The third kappa shape index (κ3) is 3.16. The summed E-state index contributed by atoms with van der Waals surface area (Å²) in [6, 6.07) is 3.17. The van der Waals surface area contributed by atoms with Gasteiger partial charge in [0, 0.05) is 37.3 Å². The molecule has 0 bridgehead atoms. The zero-order valence-corrected chi connectivity index (χ0v) is 17.8. The van der Waals surface area contributed by atoms with Crippen LogP contribution in [0.5, 0.6) is 0 Å². The summed E-state index contributed by atoms with van der Waals surface area (Å²) in [5, 5.41) is 13.7. The van der Waals surface area contributed by atoms with Gasteiger partial charge in [-0.3, -0.25) is 29.9 Å². The number of anilines is 1. The number of benzene rings is 1. The molecular weight excluding hydrogens is 404 g/mol. The number of nitrogens with one attached hydrogen (secondary N) is 1. The predicted molar refractivity (Wildman–Crippen MR) is 111 cm³/mol. The monoisotopic (exact) mass is 430 g/mol. The summed E-state index contributed by atoms with van der Waals surface area (Å²) in [6.45, 7) is 6.29. The number of rotatable bonds is 4. The topological polar surface area (TPSA) is 122 Å². The lowest BCUT2D eigenvalue weighted by atomic mass is 9.66. The minimum Gasteiger partial charge on any atom is -0.372 e. The molecule has 1 aromatic rings. The minimum absolute atomic E-state index is 0.0339. The molecule has 3 heterocycles. The van der Waals surface area contributed by atoms with Gasteiger partial charge in [-0.1, -0.05) is 13.3 Å². The zero-order valence-electron chi connectivity index (χ0n) is 17.8. The van der Waals surface area contributed by atoms with Gasteiger partial charge < -0.3 is 9.64 Å². The number of amides is 4. The highest BCUT2D eigenvalue weighted by atomic mass is 16.6. The summed E-state index contributed by atoms with van der Waals surface area (Å²) < 4.78 is 6.01. The molecule has 2 fully saturated rings. The molecule has 3 aliphatic rings. The predicted octanol–water partition coefficient (Wildman–Crippen LogP) is 2.00. The highest BCUT2D eigenvalue weighted by Crippen LogP contribution is 2.48. The first kappa shape index (κ1) is 21.2. The number of ether oxygens (including phenoxy) is 1. The van der Waals surface area contributed by atoms with Crippen molar-refractivity contribution < 1.29 is 24.0 Å². The van der Waals surface area contributed by atoms with E-state index in [1.807, 2.05) is 25.7 Å². The SMILES string of the molecule is CCCCN1C(=O)NC(=O)C2(Cc3cc([N+](=O)[O-])ccc3N3CC(C)OC(C)C32)C1=O. The molecule has 4 amide bonds. The fraction of sp³-hybridized carbons (Fsp3) is 0.571. The van der Waals surface area contributed by atoms with Gasteiger partial charge in [0.05, 0.1) is 23.2 Å². The zero-order chi connectivity index (χ0) is 22.5. The van der Waals surface area contributed by atoms with Gasteiger partial charge in [0.2, 0.25) is 11.8 Å². The number of nitro groups is 1. The number of unbranched alkanes of at least 4 members (excludes halogenated alkanes) is 1. The Hall–Kier alpha value is -3.01. The van der Waals surface area contributed by atoms with E-state index in [2.05, 4.69) is 5.32 Å². The molecule has 1 N–H and O–H groups in total. The van der Waals surface area contributed by atoms with Crippen molar-refractivity contribution in [3.63, 3.8) is 0 Å². The van der Waals surface area contributed by atoms with Crippen LogP contribution in [0.4, 0.5) is 16.2 Å². The number of carbonyl (C=O) groups excluding carboxylic acids is 3. The second-order valence-electron chi connectivity index (χ2n) is 8.54. The number of fused-ring (bicyclic) bond motifs is 4. The molecule has 10 nitrogen and oxygen atoms in total. The molecule has 31 heavy (non-hydrogen) atoms.